The summed E-state index contributed by atoms with van der Waals surface area (Å²) in [6.07, 6.45) is 2.34. The number of imide groups is 1. The molecule has 0 aromatic heterocycles. The van der Waals surface area contributed by atoms with Gasteiger partial charge in [-0.2, -0.15) is 0 Å². The first-order valence-electron chi connectivity index (χ1n) is 4.42. The lowest BCUT2D eigenvalue weighted by molar-refractivity contribution is -0.126. The van der Waals surface area contributed by atoms with Crippen molar-refractivity contribution in [3.63, 3.8) is 0 Å². The molecule has 1 aliphatic carbocycles. The van der Waals surface area contributed by atoms with Gasteiger partial charge in [0.15, 0.2) is 0 Å². The van der Waals surface area contributed by atoms with E-state index in [2.05, 4.69) is 10.6 Å². The molecule has 0 radical (unpaired) electrons. The van der Waals surface area contributed by atoms with Crippen LogP contribution in [0.3, 0.4) is 0 Å². The van der Waals surface area contributed by atoms with Gasteiger partial charge in [0.2, 0.25) is 5.91 Å². The minimum atomic E-state index is -0.376. The second-order valence-corrected chi connectivity index (χ2v) is 4.20. The van der Waals surface area contributed by atoms with E-state index in [-0.39, 0.29) is 29.3 Å². The van der Waals surface area contributed by atoms with Crippen molar-refractivity contribution in [3.05, 3.63) is 0 Å². The van der Waals surface area contributed by atoms with Gasteiger partial charge in [-0.1, -0.05) is 0 Å². The maximum atomic E-state index is 11.4. The van der Waals surface area contributed by atoms with Crippen molar-refractivity contribution in [1.29, 1.82) is 0 Å². The number of alkyl halides is 1. The predicted molar refractivity (Wildman–Crippen MR) is 47.4 cm³/mol. The second-order valence-electron chi connectivity index (χ2n) is 3.59. The summed E-state index contributed by atoms with van der Waals surface area (Å²) < 4.78 is 0. The molecule has 2 rings (SSSR count). The van der Waals surface area contributed by atoms with Crippen molar-refractivity contribution in [2.75, 3.05) is 0 Å². The minimum Gasteiger partial charge on any atom is -0.334 e. The molecule has 2 fully saturated rings. The molecule has 0 spiro atoms. The fourth-order valence-electron chi connectivity index (χ4n) is 1.99. The van der Waals surface area contributed by atoms with E-state index in [9.17, 15) is 9.59 Å². The maximum Gasteiger partial charge on any atom is 0.321 e. The van der Waals surface area contributed by atoms with E-state index in [4.69, 9.17) is 11.6 Å². The molecular formula is C8H11ClN2O2. The van der Waals surface area contributed by atoms with Gasteiger partial charge >= 0.3 is 6.03 Å². The number of halogens is 1. The van der Waals surface area contributed by atoms with Crippen molar-refractivity contribution >= 4 is 23.5 Å². The molecule has 0 aromatic rings. The van der Waals surface area contributed by atoms with Crippen LogP contribution in [0.25, 0.3) is 0 Å². The molecule has 5 heteroatoms. The van der Waals surface area contributed by atoms with Gasteiger partial charge in [0.1, 0.15) is 0 Å². The van der Waals surface area contributed by atoms with E-state index in [1.807, 2.05) is 0 Å². The Morgan fingerprint density at radius 1 is 1.31 bits per heavy atom. The summed E-state index contributed by atoms with van der Waals surface area (Å²) in [4.78, 5) is 22.3. The number of rotatable bonds is 0. The van der Waals surface area contributed by atoms with Gasteiger partial charge in [-0.15, -0.1) is 11.6 Å². The van der Waals surface area contributed by atoms with E-state index in [0.717, 1.165) is 12.8 Å². The van der Waals surface area contributed by atoms with Gasteiger partial charge in [0, 0.05) is 11.4 Å². The van der Waals surface area contributed by atoms with E-state index < -0.39 is 0 Å². The topological polar surface area (TPSA) is 58.2 Å². The fraction of sp³-hybridized carbons (Fsp3) is 0.750. The number of nitrogens with one attached hydrogen (secondary N) is 2. The summed E-state index contributed by atoms with van der Waals surface area (Å²) in [5, 5.41) is 5.06. The Balaban J connectivity index is 2.11. The van der Waals surface area contributed by atoms with Crippen LogP contribution in [0.15, 0.2) is 0 Å². The third-order valence-corrected chi connectivity index (χ3v) is 3.07. The fourth-order valence-corrected chi connectivity index (χ4v) is 2.31. The Morgan fingerprint density at radius 2 is 2.08 bits per heavy atom. The van der Waals surface area contributed by atoms with Gasteiger partial charge in [0.25, 0.3) is 0 Å². The highest BCUT2D eigenvalue weighted by atomic mass is 35.5. The van der Waals surface area contributed by atoms with E-state index in [0.29, 0.717) is 6.42 Å². The molecule has 72 valence electrons. The Morgan fingerprint density at radius 3 is 2.85 bits per heavy atom. The van der Waals surface area contributed by atoms with Gasteiger partial charge in [-0.05, 0) is 19.3 Å². The van der Waals surface area contributed by atoms with Crippen molar-refractivity contribution in [1.82, 2.24) is 10.6 Å². The van der Waals surface area contributed by atoms with Crippen molar-refractivity contribution in [2.24, 2.45) is 5.92 Å². The number of hydrogen-bond donors (Lipinski definition) is 2. The average Bonchev–Trinajstić information content (AvgIpc) is 2.06. The van der Waals surface area contributed by atoms with Crippen molar-refractivity contribution < 1.29 is 9.59 Å². The van der Waals surface area contributed by atoms with E-state index >= 15 is 0 Å². The van der Waals surface area contributed by atoms with Crippen LogP contribution in [0.5, 0.6) is 0 Å². The van der Waals surface area contributed by atoms with Gasteiger partial charge in [-0.3, -0.25) is 10.1 Å². The third-order valence-electron chi connectivity index (χ3n) is 2.68. The summed E-state index contributed by atoms with van der Waals surface area (Å²) in [6.45, 7) is 0. The van der Waals surface area contributed by atoms with Crippen LogP contribution in [0, 0.1) is 5.92 Å². The molecule has 1 heterocycles. The Labute approximate surface area is 81.0 Å². The zero-order chi connectivity index (χ0) is 9.42. The molecule has 0 bridgehead atoms. The molecule has 13 heavy (non-hydrogen) atoms. The lowest BCUT2D eigenvalue weighted by Crippen LogP contribution is -2.59. The summed E-state index contributed by atoms with van der Waals surface area (Å²) >= 11 is 5.95. The number of carbonyl (C=O) groups is 2. The normalized spacial score (nSPS) is 39.0. The summed E-state index contributed by atoms with van der Waals surface area (Å²) in [6, 6.07) is -0.379. The highest BCUT2D eigenvalue weighted by Crippen LogP contribution is 2.29. The molecule has 3 atom stereocenters. The first-order valence-corrected chi connectivity index (χ1v) is 4.86. The molecule has 2 aliphatic rings. The zero-order valence-electron chi connectivity index (χ0n) is 7.05. The molecular weight excluding hydrogens is 192 g/mol. The predicted octanol–water partition coefficient (Wildman–Crippen LogP) is 0.602. The maximum absolute atomic E-state index is 11.4. The molecule has 2 N–H and O–H groups in total. The lowest BCUT2D eigenvalue weighted by atomic mass is 9.82. The molecule has 3 amide bonds. The molecule has 1 aliphatic heterocycles. The largest absolute Gasteiger partial charge is 0.334 e. The smallest absolute Gasteiger partial charge is 0.321 e. The van der Waals surface area contributed by atoms with Crippen LogP contribution < -0.4 is 10.6 Å². The number of carbonyl (C=O) groups excluding carboxylic acids is 2. The lowest BCUT2D eigenvalue weighted by Gasteiger charge is -2.36. The summed E-state index contributed by atoms with van der Waals surface area (Å²) in [5.41, 5.74) is 0. The van der Waals surface area contributed by atoms with E-state index in [1.54, 1.807) is 0 Å². The van der Waals surface area contributed by atoms with Crippen molar-refractivity contribution in [3.8, 4) is 0 Å². The Bertz CT molecular complexity index is 257. The third kappa shape index (κ3) is 1.63. The number of fused-ring (bicyclic) bond motifs is 1. The molecule has 1 saturated heterocycles. The highest BCUT2D eigenvalue weighted by Gasteiger charge is 2.39. The van der Waals surface area contributed by atoms with Gasteiger partial charge in [-0.25, -0.2) is 4.79 Å². The quantitative estimate of drug-likeness (QED) is 0.566. The minimum absolute atomic E-state index is 0.00347. The van der Waals surface area contributed by atoms with Crippen LogP contribution in [0.2, 0.25) is 0 Å². The van der Waals surface area contributed by atoms with Crippen molar-refractivity contribution in [2.45, 2.75) is 30.7 Å². The Hall–Kier alpha value is -0.770. The molecule has 1 saturated carbocycles. The van der Waals surface area contributed by atoms with Gasteiger partial charge in [0.05, 0.1) is 5.92 Å². The monoisotopic (exact) mass is 202 g/mol. The SMILES string of the molecule is O=C1NC(=O)C2CC(Cl)CCC2N1. The highest BCUT2D eigenvalue weighted by molar-refractivity contribution is 6.20. The first kappa shape index (κ1) is 8.81. The van der Waals surface area contributed by atoms with E-state index in [1.165, 1.54) is 0 Å². The number of amides is 3. The Kier molecular flexibility index (Phi) is 2.15. The number of urea groups is 1. The molecule has 4 nitrogen and oxygen atoms in total. The van der Waals surface area contributed by atoms with Crippen LogP contribution >= 0.6 is 11.6 Å². The summed E-state index contributed by atoms with van der Waals surface area (Å²) in [7, 11) is 0. The molecule has 3 unspecified atom stereocenters. The zero-order valence-corrected chi connectivity index (χ0v) is 7.80. The van der Waals surface area contributed by atoms with Crippen LogP contribution in [0.4, 0.5) is 4.79 Å². The van der Waals surface area contributed by atoms with Gasteiger partial charge < -0.3 is 5.32 Å². The van der Waals surface area contributed by atoms with Crippen LogP contribution in [-0.4, -0.2) is 23.4 Å². The van der Waals surface area contributed by atoms with Crippen LogP contribution in [0.1, 0.15) is 19.3 Å². The summed E-state index contributed by atoms with van der Waals surface area (Å²) in [5.74, 6) is -0.312. The standard InChI is InChI=1S/C8H11ClN2O2/c9-4-1-2-6-5(3-4)7(12)11-8(13)10-6/h4-6H,1-3H2,(H2,10,11,12,13). The van der Waals surface area contributed by atoms with Crippen LogP contribution in [-0.2, 0) is 4.79 Å². The molecule has 0 aromatic carbocycles. The number of hydrogen-bond acceptors (Lipinski definition) is 2. The first-order chi connectivity index (χ1) is 6.16. The average molecular weight is 203 g/mol. The second kappa shape index (κ2) is 3.18.